The fraction of sp³-hybridized carbons (Fsp3) is 0.600. The normalized spacial score (nSPS) is 27.9. The van der Waals surface area contributed by atoms with Gasteiger partial charge in [-0.25, -0.2) is 4.98 Å². The molecule has 1 N–H and O–H groups in total. The lowest BCUT2D eigenvalue weighted by Gasteiger charge is -2.38. The number of nitrogens with one attached hydrogen (secondary N) is 1. The quantitative estimate of drug-likeness (QED) is 0.848. The van der Waals surface area contributed by atoms with Gasteiger partial charge in [0.15, 0.2) is 0 Å². The molecule has 0 bridgehead atoms. The Hall–Kier alpha value is -1.48. The Morgan fingerprint density at radius 1 is 1.69 bits per heavy atom. The van der Waals surface area contributed by atoms with Crippen LogP contribution in [0.1, 0.15) is 25.6 Å². The molecule has 16 heavy (non-hydrogen) atoms. The first-order valence-electron chi connectivity index (χ1n) is 5.09. The Balaban J connectivity index is 2.06. The van der Waals surface area contributed by atoms with E-state index in [2.05, 4.69) is 20.7 Å². The van der Waals surface area contributed by atoms with Gasteiger partial charge in [0, 0.05) is 11.5 Å². The molecule has 84 valence electrons. The fourth-order valence-electron chi connectivity index (χ4n) is 2.02. The molecular formula is C10H12N4OS. The summed E-state index contributed by atoms with van der Waals surface area (Å²) in [6, 6.07) is 2.12. The number of rotatable bonds is 2. The molecule has 0 unspecified atom stereocenters. The van der Waals surface area contributed by atoms with Crippen LogP contribution in [-0.4, -0.2) is 15.3 Å². The Bertz CT molecular complexity index is 456. The van der Waals surface area contributed by atoms with E-state index in [1.165, 1.54) is 0 Å². The van der Waals surface area contributed by atoms with Crippen LogP contribution >= 0.6 is 11.5 Å². The van der Waals surface area contributed by atoms with Crippen LogP contribution in [0.2, 0.25) is 0 Å². The Morgan fingerprint density at radius 3 is 2.81 bits per heavy atom. The summed E-state index contributed by atoms with van der Waals surface area (Å²) in [6.07, 6.45) is 1.26. The van der Waals surface area contributed by atoms with Crippen molar-refractivity contribution in [2.75, 3.05) is 5.32 Å². The van der Waals surface area contributed by atoms with Crippen molar-refractivity contribution in [1.82, 2.24) is 9.36 Å². The molecule has 1 heterocycles. The van der Waals surface area contributed by atoms with Gasteiger partial charge in [-0.1, -0.05) is 6.92 Å². The summed E-state index contributed by atoms with van der Waals surface area (Å²) in [5.74, 6) is 0.832. The molecule has 1 aliphatic rings. The molecule has 0 saturated heterocycles. The van der Waals surface area contributed by atoms with Crippen molar-refractivity contribution >= 4 is 22.6 Å². The number of amides is 1. The van der Waals surface area contributed by atoms with Gasteiger partial charge in [0.2, 0.25) is 11.0 Å². The number of carbonyl (C=O) groups is 1. The number of aryl methyl sites for hydroxylation is 1. The Kier molecular flexibility index (Phi) is 2.64. The molecular weight excluding hydrogens is 224 g/mol. The van der Waals surface area contributed by atoms with Crippen LogP contribution in [-0.2, 0) is 4.79 Å². The van der Waals surface area contributed by atoms with Crippen molar-refractivity contribution in [3.63, 3.8) is 0 Å². The van der Waals surface area contributed by atoms with Crippen LogP contribution in [0.3, 0.4) is 0 Å². The number of aromatic nitrogens is 2. The lowest BCUT2D eigenvalue weighted by atomic mass is 9.63. The van der Waals surface area contributed by atoms with E-state index in [-0.39, 0.29) is 5.91 Å². The molecule has 1 aromatic heterocycles. The molecule has 6 heteroatoms. The zero-order valence-corrected chi connectivity index (χ0v) is 9.97. The van der Waals surface area contributed by atoms with Gasteiger partial charge in [-0.2, -0.15) is 9.64 Å². The molecule has 1 fully saturated rings. The van der Waals surface area contributed by atoms with Crippen LogP contribution in [0.4, 0.5) is 5.13 Å². The molecule has 2 rings (SSSR count). The van der Waals surface area contributed by atoms with E-state index >= 15 is 0 Å². The van der Waals surface area contributed by atoms with Gasteiger partial charge in [0.1, 0.15) is 11.2 Å². The van der Waals surface area contributed by atoms with Gasteiger partial charge in [-0.05, 0) is 25.7 Å². The summed E-state index contributed by atoms with van der Waals surface area (Å²) >= 11 is 1.14. The van der Waals surface area contributed by atoms with E-state index < -0.39 is 5.41 Å². The summed E-state index contributed by atoms with van der Waals surface area (Å²) in [7, 11) is 0. The summed E-state index contributed by atoms with van der Waals surface area (Å²) in [4.78, 5) is 15.9. The van der Waals surface area contributed by atoms with E-state index in [9.17, 15) is 4.79 Å². The van der Waals surface area contributed by atoms with E-state index in [1.807, 2.05) is 6.92 Å². The van der Waals surface area contributed by atoms with Gasteiger partial charge in [-0.3, -0.25) is 10.1 Å². The van der Waals surface area contributed by atoms with Crippen molar-refractivity contribution in [2.45, 2.75) is 26.7 Å². The van der Waals surface area contributed by atoms with E-state index in [0.717, 1.165) is 11.5 Å². The average Bonchev–Trinajstić information content (AvgIpc) is 2.58. The zero-order valence-electron chi connectivity index (χ0n) is 9.15. The summed E-state index contributed by atoms with van der Waals surface area (Å²) < 4.78 is 3.97. The molecule has 1 aliphatic carbocycles. The van der Waals surface area contributed by atoms with Crippen molar-refractivity contribution in [3.8, 4) is 6.07 Å². The standard InChI is InChI=1S/C10H12N4OS/c1-6-3-10(4-6,5-11)8(15)13-9-12-7(2)14-16-9/h6H,3-4H2,1-2H3,(H,12,13,14,15). The fourth-order valence-corrected chi connectivity index (χ4v) is 2.59. The zero-order chi connectivity index (χ0) is 11.8. The first-order chi connectivity index (χ1) is 7.55. The maximum atomic E-state index is 11.9. The third-order valence-corrected chi connectivity index (χ3v) is 3.51. The van der Waals surface area contributed by atoms with Crippen molar-refractivity contribution in [1.29, 1.82) is 5.26 Å². The highest BCUT2D eigenvalue weighted by Gasteiger charge is 2.49. The topological polar surface area (TPSA) is 78.7 Å². The number of nitriles is 1. The minimum absolute atomic E-state index is 0.246. The van der Waals surface area contributed by atoms with E-state index in [4.69, 9.17) is 5.26 Å². The van der Waals surface area contributed by atoms with Crippen molar-refractivity contribution < 1.29 is 4.79 Å². The second kappa shape index (κ2) is 3.83. The van der Waals surface area contributed by atoms with Crippen LogP contribution in [0.5, 0.6) is 0 Å². The highest BCUT2D eigenvalue weighted by atomic mass is 32.1. The van der Waals surface area contributed by atoms with Crippen LogP contribution in [0.25, 0.3) is 0 Å². The molecule has 0 aliphatic heterocycles. The predicted octanol–water partition coefficient (Wildman–Crippen LogP) is 1.72. The smallest absolute Gasteiger partial charge is 0.246 e. The van der Waals surface area contributed by atoms with Gasteiger partial charge < -0.3 is 0 Å². The average molecular weight is 236 g/mol. The number of hydrogen-bond donors (Lipinski definition) is 1. The van der Waals surface area contributed by atoms with E-state index in [0.29, 0.717) is 29.7 Å². The van der Waals surface area contributed by atoms with Gasteiger partial charge in [-0.15, -0.1) is 0 Å². The second-order valence-electron chi connectivity index (χ2n) is 4.31. The first kappa shape index (κ1) is 11.0. The highest BCUT2D eigenvalue weighted by Crippen LogP contribution is 2.45. The van der Waals surface area contributed by atoms with Gasteiger partial charge in [0.25, 0.3) is 0 Å². The maximum absolute atomic E-state index is 11.9. The minimum atomic E-state index is -0.848. The largest absolute Gasteiger partial charge is 0.299 e. The second-order valence-corrected chi connectivity index (χ2v) is 5.06. The molecule has 1 saturated carbocycles. The van der Waals surface area contributed by atoms with Crippen molar-refractivity contribution in [2.24, 2.45) is 11.3 Å². The minimum Gasteiger partial charge on any atom is -0.299 e. The van der Waals surface area contributed by atoms with E-state index in [1.54, 1.807) is 6.92 Å². The van der Waals surface area contributed by atoms with Crippen LogP contribution < -0.4 is 5.32 Å². The molecule has 1 aromatic rings. The summed E-state index contributed by atoms with van der Waals surface area (Å²) in [5, 5.41) is 12.2. The van der Waals surface area contributed by atoms with Gasteiger partial charge in [0.05, 0.1) is 6.07 Å². The highest BCUT2D eigenvalue weighted by molar-refractivity contribution is 7.09. The lowest BCUT2D eigenvalue weighted by Crippen LogP contribution is -2.45. The molecule has 0 aromatic carbocycles. The maximum Gasteiger partial charge on any atom is 0.246 e. The van der Waals surface area contributed by atoms with Crippen LogP contribution in [0, 0.1) is 29.6 Å². The number of carbonyl (C=O) groups excluding carboxylic acids is 1. The Labute approximate surface area is 97.7 Å². The number of hydrogen-bond acceptors (Lipinski definition) is 5. The third-order valence-electron chi connectivity index (χ3n) is 2.79. The molecule has 0 radical (unpaired) electrons. The van der Waals surface area contributed by atoms with Crippen LogP contribution in [0.15, 0.2) is 0 Å². The predicted molar refractivity (Wildman–Crippen MR) is 59.7 cm³/mol. The molecule has 1 amide bonds. The lowest BCUT2D eigenvalue weighted by molar-refractivity contribution is -0.128. The Morgan fingerprint density at radius 2 is 2.38 bits per heavy atom. The summed E-state index contributed by atoms with van der Waals surface area (Å²) in [6.45, 7) is 3.80. The molecule has 0 atom stereocenters. The monoisotopic (exact) mass is 236 g/mol. The number of anilines is 1. The molecule has 5 nitrogen and oxygen atoms in total. The van der Waals surface area contributed by atoms with Crippen molar-refractivity contribution in [3.05, 3.63) is 5.82 Å². The number of nitrogens with zero attached hydrogens (tertiary/aromatic N) is 3. The summed E-state index contributed by atoms with van der Waals surface area (Å²) in [5.41, 5.74) is -0.848. The first-order valence-corrected chi connectivity index (χ1v) is 5.86. The SMILES string of the molecule is Cc1nsc(NC(=O)C2(C#N)CC(C)C2)n1. The third kappa shape index (κ3) is 1.78. The van der Waals surface area contributed by atoms with Gasteiger partial charge >= 0.3 is 0 Å². The molecule has 0 spiro atoms.